The summed E-state index contributed by atoms with van der Waals surface area (Å²) >= 11 is 0. The Balaban J connectivity index is 1.11. The minimum Gasteiger partial charge on any atom is -0.308 e. The van der Waals surface area contributed by atoms with Crippen LogP contribution in [0.3, 0.4) is 0 Å². The molecular formula is C56H34N4. The smallest absolute Gasteiger partial charge is 0.164 e. The number of nitrogens with zero attached hydrogens (tertiary/aromatic N) is 4. The first-order chi connectivity index (χ1) is 29.8. The Kier molecular flexibility index (Phi) is 6.90. The Hall–Kier alpha value is -7.95. The third kappa shape index (κ3) is 4.42. The minimum atomic E-state index is -0.438. The highest BCUT2D eigenvalue weighted by atomic mass is 15.0. The molecule has 60 heavy (non-hydrogen) atoms. The molecule has 4 heteroatoms. The number of benzene rings is 9. The molecule has 0 radical (unpaired) electrons. The first kappa shape index (κ1) is 33.1. The van der Waals surface area contributed by atoms with E-state index in [2.05, 4.69) is 174 Å². The lowest BCUT2D eigenvalue weighted by Gasteiger charge is -2.30. The second-order valence-electron chi connectivity index (χ2n) is 15.8. The topological polar surface area (TPSA) is 43.6 Å². The summed E-state index contributed by atoms with van der Waals surface area (Å²) in [6.07, 6.45) is 0. The van der Waals surface area contributed by atoms with Crippen molar-refractivity contribution in [3.05, 3.63) is 229 Å². The molecule has 2 aromatic heterocycles. The molecule has 0 saturated carbocycles. The van der Waals surface area contributed by atoms with E-state index in [4.69, 9.17) is 15.0 Å². The zero-order valence-electron chi connectivity index (χ0n) is 32.4. The van der Waals surface area contributed by atoms with Crippen molar-refractivity contribution in [2.45, 2.75) is 5.41 Å². The summed E-state index contributed by atoms with van der Waals surface area (Å²) in [7, 11) is 0. The van der Waals surface area contributed by atoms with Gasteiger partial charge in [-0.3, -0.25) is 0 Å². The second-order valence-corrected chi connectivity index (χ2v) is 15.8. The molecule has 0 aliphatic heterocycles. The van der Waals surface area contributed by atoms with E-state index < -0.39 is 5.41 Å². The average Bonchev–Trinajstić information content (AvgIpc) is 3.93. The third-order valence-electron chi connectivity index (χ3n) is 12.9. The molecule has 0 atom stereocenters. The Morgan fingerprint density at radius 2 is 0.817 bits per heavy atom. The largest absolute Gasteiger partial charge is 0.308 e. The molecule has 2 aliphatic rings. The molecule has 13 rings (SSSR count). The van der Waals surface area contributed by atoms with Gasteiger partial charge in [-0.15, -0.1) is 0 Å². The first-order valence-corrected chi connectivity index (χ1v) is 20.5. The van der Waals surface area contributed by atoms with E-state index >= 15 is 0 Å². The third-order valence-corrected chi connectivity index (χ3v) is 12.9. The van der Waals surface area contributed by atoms with Crippen LogP contribution in [0.15, 0.2) is 206 Å². The number of aromatic nitrogens is 4. The SMILES string of the molecule is c1ccc(-c2nc(-c3ccccc3)nc(-c3ccc(-n4c5ccccc5c5ccc6c(c54)-c4ccccc4C64c5ccccc5-c5ccccc54)c4ccccc34)n2)cc1. The van der Waals surface area contributed by atoms with E-state index in [9.17, 15) is 0 Å². The number of para-hydroxylation sites is 1. The highest BCUT2D eigenvalue weighted by Crippen LogP contribution is 2.64. The van der Waals surface area contributed by atoms with Crippen molar-refractivity contribution in [3.63, 3.8) is 0 Å². The molecule has 0 unspecified atom stereocenters. The number of hydrogen-bond donors (Lipinski definition) is 0. The Morgan fingerprint density at radius 3 is 1.47 bits per heavy atom. The molecule has 4 nitrogen and oxygen atoms in total. The van der Waals surface area contributed by atoms with Crippen molar-refractivity contribution in [1.29, 1.82) is 0 Å². The van der Waals surface area contributed by atoms with Crippen LogP contribution in [-0.2, 0) is 5.41 Å². The van der Waals surface area contributed by atoms with Crippen LogP contribution in [0.1, 0.15) is 22.3 Å². The second kappa shape index (κ2) is 12.5. The maximum absolute atomic E-state index is 5.16. The Labute approximate surface area is 346 Å². The molecule has 0 saturated heterocycles. The zero-order chi connectivity index (χ0) is 39.4. The molecule has 2 aliphatic carbocycles. The van der Waals surface area contributed by atoms with E-state index in [-0.39, 0.29) is 0 Å². The van der Waals surface area contributed by atoms with Gasteiger partial charge in [0.15, 0.2) is 17.5 Å². The lowest BCUT2D eigenvalue weighted by molar-refractivity contribution is 0.794. The quantitative estimate of drug-likeness (QED) is 0.179. The van der Waals surface area contributed by atoms with Gasteiger partial charge in [0.05, 0.1) is 22.1 Å². The molecule has 1 spiro atoms. The van der Waals surface area contributed by atoms with Crippen molar-refractivity contribution in [2.75, 3.05) is 0 Å². The monoisotopic (exact) mass is 762 g/mol. The van der Waals surface area contributed by atoms with Gasteiger partial charge in [-0.1, -0.05) is 188 Å². The van der Waals surface area contributed by atoms with Crippen LogP contribution in [0.4, 0.5) is 0 Å². The van der Waals surface area contributed by atoms with Crippen molar-refractivity contribution >= 4 is 32.6 Å². The van der Waals surface area contributed by atoms with E-state index in [1.807, 2.05) is 36.4 Å². The van der Waals surface area contributed by atoms with Crippen LogP contribution >= 0.6 is 0 Å². The first-order valence-electron chi connectivity index (χ1n) is 20.5. The molecule has 11 aromatic rings. The van der Waals surface area contributed by atoms with Crippen molar-refractivity contribution in [3.8, 4) is 62.1 Å². The number of hydrogen-bond acceptors (Lipinski definition) is 3. The summed E-state index contributed by atoms with van der Waals surface area (Å²) < 4.78 is 2.52. The maximum atomic E-state index is 5.16. The summed E-state index contributed by atoms with van der Waals surface area (Å²) in [5.74, 6) is 1.93. The van der Waals surface area contributed by atoms with Crippen molar-refractivity contribution < 1.29 is 0 Å². The van der Waals surface area contributed by atoms with Crippen LogP contribution in [0.25, 0.3) is 94.7 Å². The highest BCUT2D eigenvalue weighted by molar-refractivity contribution is 6.18. The van der Waals surface area contributed by atoms with E-state index in [0.29, 0.717) is 17.5 Å². The fourth-order valence-electron chi connectivity index (χ4n) is 10.5. The summed E-state index contributed by atoms with van der Waals surface area (Å²) in [6, 6.07) is 74.4. The maximum Gasteiger partial charge on any atom is 0.164 e. The van der Waals surface area contributed by atoms with Gasteiger partial charge in [-0.05, 0) is 62.5 Å². The summed E-state index contributed by atoms with van der Waals surface area (Å²) in [5, 5.41) is 4.66. The average molecular weight is 763 g/mol. The van der Waals surface area contributed by atoms with Gasteiger partial charge in [0, 0.05) is 38.4 Å². The molecular weight excluding hydrogens is 729 g/mol. The van der Waals surface area contributed by atoms with Gasteiger partial charge in [0.25, 0.3) is 0 Å². The molecule has 0 amide bonds. The molecule has 0 fully saturated rings. The summed E-state index contributed by atoms with van der Waals surface area (Å²) in [5.41, 5.74) is 16.4. The predicted octanol–water partition coefficient (Wildman–Crippen LogP) is 13.5. The lowest BCUT2D eigenvalue weighted by atomic mass is 9.70. The van der Waals surface area contributed by atoms with Crippen LogP contribution < -0.4 is 0 Å². The highest BCUT2D eigenvalue weighted by Gasteiger charge is 2.52. The van der Waals surface area contributed by atoms with Crippen LogP contribution in [0, 0.1) is 0 Å². The van der Waals surface area contributed by atoms with E-state index in [0.717, 1.165) is 33.2 Å². The number of fused-ring (bicyclic) bond motifs is 15. The molecule has 2 heterocycles. The normalized spacial score (nSPS) is 13.1. The number of rotatable bonds is 4. The van der Waals surface area contributed by atoms with Crippen molar-refractivity contribution in [1.82, 2.24) is 19.5 Å². The minimum absolute atomic E-state index is 0.438. The Bertz CT molecular complexity index is 3440. The van der Waals surface area contributed by atoms with Crippen molar-refractivity contribution in [2.24, 2.45) is 0 Å². The molecule has 278 valence electrons. The molecule has 0 bridgehead atoms. The van der Waals surface area contributed by atoms with E-state index in [1.165, 1.54) is 66.3 Å². The summed E-state index contributed by atoms with van der Waals surface area (Å²) in [4.78, 5) is 15.3. The van der Waals surface area contributed by atoms with Gasteiger partial charge >= 0.3 is 0 Å². The van der Waals surface area contributed by atoms with Crippen LogP contribution in [-0.4, -0.2) is 19.5 Å². The van der Waals surface area contributed by atoms with Crippen LogP contribution in [0.5, 0.6) is 0 Å². The molecule has 0 N–H and O–H groups in total. The predicted molar refractivity (Wildman–Crippen MR) is 244 cm³/mol. The Morgan fingerprint density at radius 1 is 0.317 bits per heavy atom. The fraction of sp³-hybridized carbons (Fsp3) is 0.0179. The zero-order valence-corrected chi connectivity index (χ0v) is 32.4. The van der Waals surface area contributed by atoms with Gasteiger partial charge in [-0.25, -0.2) is 15.0 Å². The van der Waals surface area contributed by atoms with Gasteiger partial charge in [0.1, 0.15) is 0 Å². The standard InChI is InChI=1S/C56H34N4/c1-3-17-35(18-4-1)53-57-54(36-19-5-2-6-20-36)59-55(58-53)43-32-34-50(40-24-8-7-21-37(40)43)60-49-30-16-12-25-41(49)42-31-33-48-51(52(42)60)44-26-11-15-29-47(44)56(48)45-27-13-9-22-38(45)39-23-10-14-28-46(39)56/h1-34H. The van der Waals surface area contributed by atoms with Gasteiger partial charge < -0.3 is 4.57 Å². The van der Waals surface area contributed by atoms with Crippen LogP contribution in [0.2, 0.25) is 0 Å². The fourth-order valence-corrected chi connectivity index (χ4v) is 10.5. The lowest BCUT2D eigenvalue weighted by Crippen LogP contribution is -2.25. The summed E-state index contributed by atoms with van der Waals surface area (Å²) in [6.45, 7) is 0. The van der Waals surface area contributed by atoms with Gasteiger partial charge in [0.2, 0.25) is 0 Å². The van der Waals surface area contributed by atoms with Gasteiger partial charge in [-0.2, -0.15) is 0 Å². The van der Waals surface area contributed by atoms with E-state index in [1.54, 1.807) is 0 Å². The molecule has 9 aromatic carbocycles.